The van der Waals surface area contributed by atoms with Gasteiger partial charge in [0.1, 0.15) is 6.04 Å². The average molecular weight is 243 g/mol. The second-order valence-electron chi connectivity index (χ2n) is 3.20. The summed E-state index contributed by atoms with van der Waals surface area (Å²) in [6.45, 7) is 0. The highest BCUT2D eigenvalue weighted by atomic mass is 35.5. The highest BCUT2D eigenvalue weighted by Gasteiger charge is 2.20. The minimum Gasteiger partial charge on any atom is -0.480 e. The third-order valence-electron chi connectivity index (χ3n) is 2.12. The van der Waals surface area contributed by atoms with Crippen molar-refractivity contribution in [1.29, 1.82) is 0 Å². The minimum atomic E-state index is -1.29. The van der Waals surface area contributed by atoms with Gasteiger partial charge in [-0.15, -0.1) is 0 Å². The monoisotopic (exact) mass is 242 g/mol. The van der Waals surface area contributed by atoms with Crippen LogP contribution in [0.15, 0.2) is 21.3 Å². The topological polar surface area (TPSA) is 109 Å². The van der Waals surface area contributed by atoms with Gasteiger partial charge in [0, 0.05) is 10.6 Å². The Balaban J connectivity index is 2.76. The average Bonchev–Trinajstić information content (AvgIpc) is 2.55. The Kier molecular flexibility index (Phi) is 2.45. The van der Waals surface area contributed by atoms with E-state index in [2.05, 4.69) is 4.98 Å². The van der Waals surface area contributed by atoms with E-state index in [0.29, 0.717) is 5.52 Å². The molecule has 6 nitrogen and oxygen atoms in total. The number of aromatic amines is 1. The summed E-state index contributed by atoms with van der Waals surface area (Å²) in [5, 5.41) is 9.07. The van der Waals surface area contributed by atoms with Crippen molar-refractivity contribution >= 4 is 28.7 Å². The largest absolute Gasteiger partial charge is 0.480 e. The Morgan fingerprint density at radius 3 is 2.88 bits per heavy atom. The third kappa shape index (κ3) is 1.68. The quantitative estimate of drug-likeness (QED) is 0.724. The molecule has 1 unspecified atom stereocenters. The van der Waals surface area contributed by atoms with Crippen molar-refractivity contribution in [3.05, 3.63) is 33.3 Å². The molecule has 1 aromatic carbocycles. The Labute approximate surface area is 93.6 Å². The van der Waals surface area contributed by atoms with Gasteiger partial charge in [-0.2, -0.15) is 0 Å². The molecule has 2 rings (SSSR count). The molecule has 1 heterocycles. The zero-order valence-electron chi connectivity index (χ0n) is 7.86. The summed E-state index contributed by atoms with van der Waals surface area (Å²) in [7, 11) is 0. The van der Waals surface area contributed by atoms with E-state index in [0.717, 1.165) is 0 Å². The molecule has 0 amide bonds. The van der Waals surface area contributed by atoms with Crippen LogP contribution in [0.3, 0.4) is 0 Å². The highest BCUT2D eigenvalue weighted by Crippen LogP contribution is 2.25. The van der Waals surface area contributed by atoms with E-state index < -0.39 is 17.8 Å². The zero-order chi connectivity index (χ0) is 11.9. The molecule has 1 atom stereocenters. The Morgan fingerprint density at radius 2 is 2.25 bits per heavy atom. The van der Waals surface area contributed by atoms with Crippen LogP contribution < -0.4 is 11.5 Å². The summed E-state index contributed by atoms with van der Waals surface area (Å²) >= 11 is 5.77. The van der Waals surface area contributed by atoms with Crippen LogP contribution in [0.2, 0.25) is 5.02 Å². The lowest BCUT2D eigenvalue weighted by atomic mass is 10.1. The Bertz CT molecular complexity index is 615. The van der Waals surface area contributed by atoms with E-state index in [1.165, 1.54) is 12.1 Å². The molecule has 0 radical (unpaired) electrons. The molecule has 0 saturated heterocycles. The number of benzene rings is 1. The van der Waals surface area contributed by atoms with E-state index in [-0.39, 0.29) is 16.2 Å². The molecule has 0 aliphatic carbocycles. The van der Waals surface area contributed by atoms with Crippen molar-refractivity contribution in [2.45, 2.75) is 6.04 Å². The summed E-state index contributed by atoms with van der Waals surface area (Å²) in [5.74, 6) is -1.91. The SMILES string of the molecule is NC(C(=O)O)c1cc(Cl)cc2[nH]c(=O)oc12. The number of aromatic nitrogens is 1. The van der Waals surface area contributed by atoms with Crippen LogP contribution in [0, 0.1) is 0 Å². The number of carbonyl (C=O) groups is 1. The van der Waals surface area contributed by atoms with Crippen molar-refractivity contribution < 1.29 is 14.3 Å². The Morgan fingerprint density at radius 1 is 1.56 bits per heavy atom. The maximum Gasteiger partial charge on any atom is 0.417 e. The second-order valence-corrected chi connectivity index (χ2v) is 3.64. The maximum atomic E-state index is 11.0. The van der Waals surface area contributed by atoms with Crippen LogP contribution in [0.4, 0.5) is 0 Å². The maximum absolute atomic E-state index is 11.0. The van der Waals surface area contributed by atoms with Gasteiger partial charge in [0.2, 0.25) is 0 Å². The fraction of sp³-hybridized carbons (Fsp3) is 0.111. The highest BCUT2D eigenvalue weighted by molar-refractivity contribution is 6.31. The molecule has 0 bridgehead atoms. The number of oxazole rings is 1. The number of nitrogens with one attached hydrogen (secondary N) is 1. The molecule has 0 aliphatic rings. The molecule has 0 saturated carbocycles. The van der Waals surface area contributed by atoms with Crippen LogP contribution >= 0.6 is 11.6 Å². The van der Waals surface area contributed by atoms with E-state index in [4.69, 9.17) is 26.9 Å². The van der Waals surface area contributed by atoms with Crippen LogP contribution in [-0.4, -0.2) is 16.1 Å². The number of carboxylic acids is 1. The Hall–Kier alpha value is -1.79. The molecule has 1 aromatic heterocycles. The molecule has 0 fully saturated rings. The first-order valence-electron chi connectivity index (χ1n) is 4.29. The lowest BCUT2D eigenvalue weighted by molar-refractivity contribution is -0.138. The summed E-state index contributed by atoms with van der Waals surface area (Å²) in [5.41, 5.74) is 6.05. The summed E-state index contributed by atoms with van der Waals surface area (Å²) < 4.78 is 4.81. The fourth-order valence-corrected chi connectivity index (χ4v) is 1.64. The molecule has 16 heavy (non-hydrogen) atoms. The first-order valence-corrected chi connectivity index (χ1v) is 4.67. The van der Waals surface area contributed by atoms with Crippen molar-refractivity contribution in [3.63, 3.8) is 0 Å². The molecule has 0 spiro atoms. The predicted molar refractivity (Wildman–Crippen MR) is 56.4 cm³/mol. The van der Waals surface area contributed by atoms with E-state index in [9.17, 15) is 9.59 Å². The first kappa shape index (κ1) is 10.7. The number of hydrogen-bond donors (Lipinski definition) is 3. The molecule has 0 aliphatic heterocycles. The lowest BCUT2D eigenvalue weighted by Crippen LogP contribution is -2.20. The number of rotatable bonds is 2. The molecule has 2 aromatic rings. The van der Waals surface area contributed by atoms with E-state index in [1.807, 2.05) is 0 Å². The number of carboxylic acid groups (broad SMARTS) is 1. The minimum absolute atomic E-state index is 0.115. The van der Waals surface area contributed by atoms with Crippen LogP contribution in [0.5, 0.6) is 0 Å². The van der Waals surface area contributed by atoms with Crippen molar-refractivity contribution in [1.82, 2.24) is 4.98 Å². The molecule has 84 valence electrons. The standard InChI is InChI=1S/C9H7ClN2O4/c10-3-1-4(6(11)8(13)14)7-5(2-3)12-9(15)16-7/h1-2,6H,11H2,(H,12,15)(H,13,14). The normalized spacial score (nSPS) is 12.9. The number of aliphatic carboxylic acids is 1. The molecule has 7 heteroatoms. The lowest BCUT2D eigenvalue weighted by Gasteiger charge is -2.06. The number of hydrogen-bond acceptors (Lipinski definition) is 4. The smallest absolute Gasteiger partial charge is 0.417 e. The predicted octanol–water partition coefficient (Wildman–Crippen LogP) is 0.859. The van der Waals surface area contributed by atoms with Gasteiger partial charge in [-0.1, -0.05) is 11.6 Å². The van der Waals surface area contributed by atoms with Crippen LogP contribution in [-0.2, 0) is 4.79 Å². The van der Waals surface area contributed by atoms with Crippen LogP contribution in [0.1, 0.15) is 11.6 Å². The number of halogens is 1. The van der Waals surface area contributed by atoms with E-state index >= 15 is 0 Å². The van der Waals surface area contributed by atoms with Crippen LogP contribution in [0.25, 0.3) is 11.1 Å². The summed E-state index contributed by atoms with van der Waals surface area (Å²) in [6.07, 6.45) is 0. The molecular formula is C9H7ClN2O4. The van der Waals surface area contributed by atoms with Gasteiger partial charge in [-0.3, -0.25) is 9.78 Å². The summed E-state index contributed by atoms with van der Waals surface area (Å²) in [4.78, 5) is 24.1. The number of H-pyrrole nitrogens is 1. The van der Waals surface area contributed by atoms with Crippen molar-refractivity contribution in [3.8, 4) is 0 Å². The molecule has 4 N–H and O–H groups in total. The van der Waals surface area contributed by atoms with Crippen molar-refractivity contribution in [2.75, 3.05) is 0 Å². The van der Waals surface area contributed by atoms with Gasteiger partial charge in [0.25, 0.3) is 0 Å². The van der Waals surface area contributed by atoms with Gasteiger partial charge < -0.3 is 15.3 Å². The van der Waals surface area contributed by atoms with Gasteiger partial charge in [-0.25, -0.2) is 4.79 Å². The van der Waals surface area contributed by atoms with Gasteiger partial charge in [0.05, 0.1) is 5.52 Å². The summed E-state index contributed by atoms with van der Waals surface area (Å²) in [6, 6.07) is 1.53. The van der Waals surface area contributed by atoms with Gasteiger partial charge in [0.15, 0.2) is 5.58 Å². The zero-order valence-corrected chi connectivity index (χ0v) is 8.62. The van der Waals surface area contributed by atoms with E-state index in [1.54, 1.807) is 0 Å². The van der Waals surface area contributed by atoms with Gasteiger partial charge >= 0.3 is 11.7 Å². The second kappa shape index (κ2) is 3.66. The third-order valence-corrected chi connectivity index (χ3v) is 2.33. The number of fused-ring (bicyclic) bond motifs is 1. The fourth-order valence-electron chi connectivity index (χ4n) is 1.41. The van der Waals surface area contributed by atoms with Crippen molar-refractivity contribution in [2.24, 2.45) is 5.73 Å². The first-order chi connectivity index (χ1) is 7.49. The molecular weight excluding hydrogens is 236 g/mol. The number of nitrogens with two attached hydrogens (primary N) is 1. The van der Waals surface area contributed by atoms with Gasteiger partial charge in [-0.05, 0) is 12.1 Å².